The summed E-state index contributed by atoms with van der Waals surface area (Å²) in [5.74, 6) is 5.06. The van der Waals surface area contributed by atoms with Gasteiger partial charge in [0.25, 0.3) is 0 Å². The summed E-state index contributed by atoms with van der Waals surface area (Å²) in [6.07, 6.45) is 3.60. The van der Waals surface area contributed by atoms with E-state index in [9.17, 15) is 14.3 Å². The lowest BCUT2D eigenvalue weighted by Crippen LogP contribution is -2.31. The van der Waals surface area contributed by atoms with Crippen LogP contribution >= 0.6 is 34.7 Å². The fourth-order valence-corrected chi connectivity index (χ4v) is 6.73. The van der Waals surface area contributed by atoms with Crippen LogP contribution in [0.2, 0.25) is 0 Å². The second-order valence-electron chi connectivity index (χ2n) is 11.1. The Hall–Kier alpha value is -4.33. The first-order valence-electron chi connectivity index (χ1n) is 15.4. The lowest BCUT2D eigenvalue weighted by Gasteiger charge is -2.21. The van der Waals surface area contributed by atoms with Gasteiger partial charge in [0, 0.05) is 22.7 Å². The van der Waals surface area contributed by atoms with Crippen molar-refractivity contribution >= 4 is 72.8 Å². The Morgan fingerprint density at radius 2 is 1.98 bits per heavy atom. The van der Waals surface area contributed by atoms with Crippen LogP contribution in [0.1, 0.15) is 47.1 Å². The van der Waals surface area contributed by atoms with E-state index in [2.05, 4.69) is 26.8 Å². The lowest BCUT2D eigenvalue weighted by molar-refractivity contribution is 0.0690. The van der Waals surface area contributed by atoms with E-state index in [4.69, 9.17) is 20.4 Å². The number of aromatic nitrogens is 2. The molecule has 0 saturated heterocycles. The molecule has 15 heteroatoms. The molecule has 0 spiro atoms. The fraction of sp³-hybridized carbons (Fsp3) is 0.324. The second kappa shape index (κ2) is 18.4. The van der Waals surface area contributed by atoms with Gasteiger partial charge in [-0.1, -0.05) is 35.3 Å². The number of nitrogens with one attached hydrogen (secondary N) is 1. The highest BCUT2D eigenvalue weighted by molar-refractivity contribution is 7.93. The van der Waals surface area contributed by atoms with Gasteiger partial charge in [0.05, 0.1) is 23.4 Å². The Morgan fingerprint density at radius 3 is 2.69 bits per heavy atom. The SMILES string of the molecule is C/C(=C/C(=N)N(CCCCSO)c1nc(C(=O)O)c(CCCOc2ccc(C#CCN(C)C)cc2F)s1)C(N)=Nc1nc2ccccc2s1. The van der Waals surface area contributed by atoms with Crippen molar-refractivity contribution in [2.45, 2.75) is 32.6 Å². The molecule has 0 atom stereocenters. The zero-order valence-electron chi connectivity index (χ0n) is 27.4. The second-order valence-corrected chi connectivity index (χ2v) is 13.8. The van der Waals surface area contributed by atoms with E-state index in [1.54, 1.807) is 24.0 Å². The van der Waals surface area contributed by atoms with Crippen LogP contribution < -0.4 is 15.4 Å². The number of anilines is 1. The molecule has 4 rings (SSSR count). The number of rotatable bonds is 16. The summed E-state index contributed by atoms with van der Waals surface area (Å²) in [4.78, 5) is 29.6. The number of benzene rings is 2. The molecule has 0 aliphatic heterocycles. The Bertz CT molecular complexity index is 1860. The van der Waals surface area contributed by atoms with Crippen LogP contribution in [0.5, 0.6) is 5.75 Å². The van der Waals surface area contributed by atoms with Crippen LogP contribution in [0.25, 0.3) is 10.2 Å². The Balaban J connectivity index is 1.46. The highest BCUT2D eigenvalue weighted by Gasteiger charge is 2.23. The maximum absolute atomic E-state index is 14.6. The van der Waals surface area contributed by atoms with Gasteiger partial charge in [-0.05, 0) is 101 Å². The number of ether oxygens (including phenoxy) is 1. The topological polar surface area (TPSA) is 161 Å². The summed E-state index contributed by atoms with van der Waals surface area (Å²) in [5.41, 5.74) is 8.10. The number of nitrogens with two attached hydrogens (primary N) is 1. The number of thiazole rings is 2. The van der Waals surface area contributed by atoms with Gasteiger partial charge in [0.15, 0.2) is 22.4 Å². The number of aryl methyl sites for hydroxylation is 1. The summed E-state index contributed by atoms with van der Waals surface area (Å²) in [6.45, 7) is 2.82. The summed E-state index contributed by atoms with van der Waals surface area (Å²) >= 11 is 3.33. The molecule has 2 aromatic carbocycles. The van der Waals surface area contributed by atoms with E-state index >= 15 is 0 Å². The minimum absolute atomic E-state index is 0.0579. The summed E-state index contributed by atoms with van der Waals surface area (Å²) < 4.78 is 30.4. The molecule has 0 bridgehead atoms. The molecular formula is C34H38FN7O4S3. The standard InChI is InChI=1S/C34H38FN7O4S3/c1-22(31(37)40-33-38-25-11-4-5-12-27(25)48-33)20-29(36)42(17-6-7-19-47-45)34-39-30(32(43)44)28(49-34)13-9-18-46-26-15-14-23(21-24(26)35)10-8-16-41(2)3/h4-5,11-12,14-15,20-21,36,45H,6-7,9,13,16-19H2,1-3H3,(H,43,44)(H2,37,38,40)/b22-20-,36-29?. The molecule has 0 unspecified atom stereocenters. The first kappa shape index (κ1) is 37.5. The van der Waals surface area contributed by atoms with Gasteiger partial charge in [-0.15, -0.1) is 11.3 Å². The van der Waals surface area contributed by atoms with Crippen LogP contribution in [0, 0.1) is 23.1 Å². The molecule has 0 aliphatic carbocycles. The van der Waals surface area contributed by atoms with E-state index in [1.807, 2.05) is 43.3 Å². The molecule has 0 fully saturated rings. The van der Waals surface area contributed by atoms with Crippen molar-refractivity contribution in [1.82, 2.24) is 14.9 Å². The van der Waals surface area contributed by atoms with Crippen molar-refractivity contribution in [3.05, 3.63) is 76.1 Å². The lowest BCUT2D eigenvalue weighted by atomic mass is 10.2. The number of nitrogens with zero attached hydrogens (tertiary/aromatic N) is 5. The van der Waals surface area contributed by atoms with Crippen molar-refractivity contribution in [2.75, 3.05) is 44.4 Å². The van der Waals surface area contributed by atoms with E-state index in [-0.39, 0.29) is 29.7 Å². The van der Waals surface area contributed by atoms with Crippen molar-refractivity contribution in [2.24, 2.45) is 10.7 Å². The number of unbranched alkanes of at least 4 members (excludes halogenated alkanes) is 1. The third-order valence-corrected chi connectivity index (χ3v) is 9.44. The molecule has 0 saturated carbocycles. The molecule has 258 valence electrons. The number of aliphatic imine (C=N–C) groups is 1. The van der Waals surface area contributed by atoms with Gasteiger partial charge in [0.1, 0.15) is 11.7 Å². The maximum Gasteiger partial charge on any atom is 0.355 e. The number of halogens is 1. The number of carbonyl (C=O) groups is 1. The van der Waals surface area contributed by atoms with Crippen molar-refractivity contribution in [3.63, 3.8) is 0 Å². The minimum atomic E-state index is -1.18. The van der Waals surface area contributed by atoms with E-state index in [0.29, 0.717) is 70.8 Å². The number of fused-ring (bicyclic) bond motifs is 1. The van der Waals surface area contributed by atoms with E-state index in [0.717, 1.165) is 22.3 Å². The van der Waals surface area contributed by atoms with Crippen LogP contribution in [-0.2, 0) is 6.42 Å². The molecule has 2 aromatic heterocycles. The maximum atomic E-state index is 14.6. The highest BCUT2D eigenvalue weighted by Crippen LogP contribution is 2.30. The number of hydrogen-bond acceptors (Lipinski definition) is 11. The number of aromatic carboxylic acids is 1. The number of carboxylic acid groups (broad SMARTS) is 1. The molecule has 2 heterocycles. The molecular weight excluding hydrogens is 686 g/mol. The first-order valence-corrected chi connectivity index (χ1v) is 17.9. The molecule has 0 aliphatic rings. The first-order chi connectivity index (χ1) is 23.5. The quantitative estimate of drug-likeness (QED) is 0.0314. The van der Waals surface area contributed by atoms with Crippen molar-refractivity contribution in [3.8, 4) is 17.6 Å². The van der Waals surface area contributed by atoms with Gasteiger partial charge >= 0.3 is 5.97 Å². The third kappa shape index (κ3) is 11.1. The van der Waals surface area contributed by atoms with Crippen LogP contribution in [0.3, 0.4) is 0 Å². The minimum Gasteiger partial charge on any atom is -0.491 e. The monoisotopic (exact) mass is 723 g/mol. The summed E-state index contributed by atoms with van der Waals surface area (Å²) in [7, 11) is 3.80. The molecule has 5 N–H and O–H groups in total. The third-order valence-electron chi connectivity index (χ3n) is 6.90. The summed E-state index contributed by atoms with van der Waals surface area (Å²) in [5, 5.41) is 19.7. The fourth-order valence-electron chi connectivity index (χ4n) is 4.41. The predicted molar refractivity (Wildman–Crippen MR) is 199 cm³/mol. The zero-order chi connectivity index (χ0) is 35.3. The predicted octanol–water partition coefficient (Wildman–Crippen LogP) is 6.92. The number of carboxylic acids is 1. The van der Waals surface area contributed by atoms with E-state index in [1.165, 1.54) is 34.8 Å². The normalized spacial score (nSPS) is 11.9. The number of amidine groups is 2. The molecule has 0 amide bonds. The molecule has 4 aromatic rings. The van der Waals surface area contributed by atoms with E-state index < -0.39 is 11.8 Å². The largest absolute Gasteiger partial charge is 0.491 e. The molecule has 0 radical (unpaired) electrons. The highest BCUT2D eigenvalue weighted by atomic mass is 32.2. The van der Waals surface area contributed by atoms with Gasteiger partial charge in [-0.25, -0.2) is 24.1 Å². The number of hydrogen-bond donors (Lipinski definition) is 4. The van der Waals surface area contributed by atoms with Crippen molar-refractivity contribution in [1.29, 1.82) is 5.41 Å². The Morgan fingerprint density at radius 1 is 1.18 bits per heavy atom. The Labute approximate surface area is 297 Å². The van der Waals surface area contributed by atoms with Crippen LogP contribution in [0.4, 0.5) is 14.7 Å². The molecule has 11 nitrogen and oxygen atoms in total. The van der Waals surface area contributed by atoms with Crippen molar-refractivity contribution < 1.29 is 23.6 Å². The Kier molecular flexibility index (Phi) is 14.1. The van der Waals surface area contributed by atoms with Crippen LogP contribution in [-0.4, -0.2) is 81.7 Å². The van der Waals surface area contributed by atoms with Gasteiger partial charge in [0.2, 0.25) is 5.13 Å². The average Bonchev–Trinajstić information content (AvgIpc) is 3.67. The zero-order valence-corrected chi connectivity index (χ0v) is 29.9. The van der Waals surface area contributed by atoms with Gasteiger partial charge in [-0.3, -0.25) is 10.3 Å². The number of para-hydroxylation sites is 1. The average molecular weight is 724 g/mol. The molecule has 49 heavy (non-hydrogen) atoms. The smallest absolute Gasteiger partial charge is 0.355 e. The van der Waals surface area contributed by atoms with Gasteiger partial charge in [-0.2, -0.15) is 0 Å². The summed E-state index contributed by atoms with van der Waals surface area (Å²) in [6, 6.07) is 12.2. The van der Waals surface area contributed by atoms with Gasteiger partial charge < -0.3 is 25.0 Å². The van der Waals surface area contributed by atoms with Crippen LogP contribution in [0.15, 0.2) is 59.1 Å².